The van der Waals surface area contributed by atoms with E-state index in [9.17, 15) is 9.90 Å². The first-order chi connectivity index (χ1) is 16.6. The first-order valence-electron chi connectivity index (χ1n) is 11.0. The van der Waals surface area contributed by atoms with Gasteiger partial charge in [-0.15, -0.1) is 0 Å². The molecular formula is C27H25NO6. The van der Waals surface area contributed by atoms with Crippen LogP contribution in [0.15, 0.2) is 54.6 Å². The lowest BCUT2D eigenvalue weighted by Gasteiger charge is -2.30. The summed E-state index contributed by atoms with van der Waals surface area (Å²) < 4.78 is 22.0. The number of nitrogens with zero attached hydrogens (tertiary/aromatic N) is 1. The van der Waals surface area contributed by atoms with E-state index in [2.05, 4.69) is 0 Å². The SMILES string of the molecule is COc1ccc(-c2c3c(cc4c2OCO4)CCN(C(=O)/C=C/c2ccc(O)c(OC)c2)C3)cc1. The second-order valence-corrected chi connectivity index (χ2v) is 8.13. The van der Waals surface area contributed by atoms with Crippen LogP contribution >= 0.6 is 0 Å². The molecule has 34 heavy (non-hydrogen) atoms. The summed E-state index contributed by atoms with van der Waals surface area (Å²) in [6.07, 6.45) is 4.00. The number of fused-ring (bicyclic) bond motifs is 2. The van der Waals surface area contributed by atoms with Crippen molar-refractivity contribution >= 4 is 12.0 Å². The third kappa shape index (κ3) is 4.01. The molecule has 1 amide bonds. The van der Waals surface area contributed by atoms with E-state index in [1.54, 1.807) is 37.5 Å². The Morgan fingerprint density at radius 3 is 2.65 bits per heavy atom. The number of benzene rings is 3. The molecule has 0 fully saturated rings. The zero-order chi connectivity index (χ0) is 23.7. The lowest BCUT2D eigenvalue weighted by atomic mass is 9.89. The Morgan fingerprint density at radius 1 is 1.06 bits per heavy atom. The molecule has 0 atom stereocenters. The van der Waals surface area contributed by atoms with Crippen molar-refractivity contribution in [2.24, 2.45) is 0 Å². The van der Waals surface area contributed by atoms with E-state index >= 15 is 0 Å². The van der Waals surface area contributed by atoms with Crippen molar-refractivity contribution in [1.29, 1.82) is 0 Å². The van der Waals surface area contributed by atoms with E-state index in [0.29, 0.717) is 24.6 Å². The standard InChI is InChI=1S/C27H25NO6/c1-31-20-7-5-18(6-8-20)26-21-15-28(12-11-19(21)14-24-27(26)34-16-33-24)25(30)10-4-17-3-9-22(29)23(13-17)32-2/h3-10,13-14,29H,11-12,15-16H2,1-2H3/b10-4+. The molecule has 174 valence electrons. The summed E-state index contributed by atoms with van der Waals surface area (Å²) in [5.41, 5.74) is 4.93. The number of rotatable bonds is 5. The van der Waals surface area contributed by atoms with Crippen LogP contribution in [0.3, 0.4) is 0 Å². The van der Waals surface area contributed by atoms with E-state index in [4.69, 9.17) is 18.9 Å². The average Bonchev–Trinajstić information content (AvgIpc) is 3.34. The smallest absolute Gasteiger partial charge is 0.246 e. The first-order valence-corrected chi connectivity index (χ1v) is 11.0. The summed E-state index contributed by atoms with van der Waals surface area (Å²) in [6, 6.07) is 14.8. The van der Waals surface area contributed by atoms with Crippen molar-refractivity contribution in [2.75, 3.05) is 27.6 Å². The van der Waals surface area contributed by atoms with Gasteiger partial charge in [-0.2, -0.15) is 0 Å². The molecule has 0 saturated carbocycles. The number of amides is 1. The lowest BCUT2D eigenvalue weighted by Crippen LogP contribution is -2.35. The lowest BCUT2D eigenvalue weighted by molar-refractivity contribution is -0.126. The van der Waals surface area contributed by atoms with E-state index < -0.39 is 0 Å². The number of carbonyl (C=O) groups is 1. The molecule has 3 aromatic carbocycles. The Bertz CT molecular complexity index is 1270. The van der Waals surface area contributed by atoms with Gasteiger partial charge in [-0.05, 0) is 65.1 Å². The molecule has 0 saturated heterocycles. The van der Waals surface area contributed by atoms with Crippen LogP contribution in [0.1, 0.15) is 16.7 Å². The monoisotopic (exact) mass is 459 g/mol. The minimum Gasteiger partial charge on any atom is -0.504 e. The third-order valence-electron chi connectivity index (χ3n) is 6.18. The molecule has 7 nitrogen and oxygen atoms in total. The number of methoxy groups -OCH3 is 2. The summed E-state index contributed by atoms with van der Waals surface area (Å²) in [5, 5.41) is 9.77. The largest absolute Gasteiger partial charge is 0.504 e. The fourth-order valence-electron chi connectivity index (χ4n) is 4.39. The Kier molecular flexibility index (Phi) is 5.76. The summed E-state index contributed by atoms with van der Waals surface area (Å²) in [5.74, 6) is 2.56. The number of aromatic hydroxyl groups is 1. The second kappa shape index (κ2) is 9.02. The van der Waals surface area contributed by atoms with Crippen LogP contribution in [0.25, 0.3) is 17.2 Å². The topological polar surface area (TPSA) is 77.5 Å². The molecule has 1 N–H and O–H groups in total. The zero-order valence-corrected chi connectivity index (χ0v) is 19.0. The molecule has 3 aromatic rings. The third-order valence-corrected chi connectivity index (χ3v) is 6.18. The number of hydrogen-bond donors (Lipinski definition) is 1. The van der Waals surface area contributed by atoms with Gasteiger partial charge in [-0.3, -0.25) is 4.79 Å². The van der Waals surface area contributed by atoms with Crippen molar-refractivity contribution in [3.63, 3.8) is 0 Å². The second-order valence-electron chi connectivity index (χ2n) is 8.13. The van der Waals surface area contributed by atoms with Gasteiger partial charge in [0.1, 0.15) is 5.75 Å². The van der Waals surface area contributed by atoms with Gasteiger partial charge in [0.2, 0.25) is 12.7 Å². The Balaban J connectivity index is 1.44. The highest BCUT2D eigenvalue weighted by atomic mass is 16.7. The van der Waals surface area contributed by atoms with Crippen molar-refractivity contribution in [1.82, 2.24) is 4.90 Å². The fourth-order valence-corrected chi connectivity index (χ4v) is 4.39. The summed E-state index contributed by atoms with van der Waals surface area (Å²) in [6.45, 7) is 1.26. The number of phenolic OH excluding ortho intramolecular Hbond substituents is 1. The van der Waals surface area contributed by atoms with Crippen molar-refractivity contribution in [2.45, 2.75) is 13.0 Å². The highest BCUT2D eigenvalue weighted by Crippen LogP contribution is 2.47. The number of hydrogen-bond acceptors (Lipinski definition) is 6. The molecular weight excluding hydrogens is 434 g/mol. The quantitative estimate of drug-likeness (QED) is 0.570. The van der Waals surface area contributed by atoms with Gasteiger partial charge in [0.05, 0.1) is 14.2 Å². The molecule has 7 heteroatoms. The van der Waals surface area contributed by atoms with Crippen molar-refractivity contribution in [3.05, 3.63) is 71.3 Å². The van der Waals surface area contributed by atoms with E-state index in [-0.39, 0.29) is 18.4 Å². The molecule has 0 aromatic heterocycles. The Morgan fingerprint density at radius 2 is 1.88 bits per heavy atom. The molecule has 0 aliphatic carbocycles. The van der Waals surface area contributed by atoms with Crippen LogP contribution < -0.4 is 18.9 Å². The van der Waals surface area contributed by atoms with Gasteiger partial charge in [-0.25, -0.2) is 0 Å². The highest BCUT2D eigenvalue weighted by molar-refractivity contribution is 5.92. The van der Waals surface area contributed by atoms with Gasteiger partial charge in [0.25, 0.3) is 0 Å². The predicted molar refractivity (Wildman–Crippen MR) is 127 cm³/mol. The molecule has 0 radical (unpaired) electrons. The van der Waals surface area contributed by atoms with Crippen molar-refractivity contribution < 1.29 is 28.8 Å². The van der Waals surface area contributed by atoms with Crippen LogP contribution in [-0.4, -0.2) is 43.5 Å². The highest BCUT2D eigenvalue weighted by Gasteiger charge is 2.29. The molecule has 2 aliphatic rings. The number of phenols is 1. The minimum atomic E-state index is -0.0870. The maximum atomic E-state index is 13.1. The summed E-state index contributed by atoms with van der Waals surface area (Å²) in [7, 11) is 3.13. The van der Waals surface area contributed by atoms with E-state index in [1.807, 2.05) is 35.2 Å². The number of ether oxygens (including phenoxy) is 4. The van der Waals surface area contributed by atoms with Crippen LogP contribution in [0.5, 0.6) is 28.7 Å². The van der Waals surface area contributed by atoms with Crippen molar-refractivity contribution in [3.8, 4) is 39.9 Å². The van der Waals surface area contributed by atoms with E-state index in [0.717, 1.165) is 45.7 Å². The maximum absolute atomic E-state index is 13.1. The van der Waals surface area contributed by atoms with Crippen LogP contribution in [0.2, 0.25) is 0 Å². The fraction of sp³-hybridized carbons (Fsp3) is 0.222. The first kappa shape index (κ1) is 21.7. The van der Waals surface area contributed by atoms with E-state index in [1.165, 1.54) is 7.11 Å². The minimum absolute atomic E-state index is 0.0587. The zero-order valence-electron chi connectivity index (χ0n) is 19.0. The van der Waals surface area contributed by atoms with Gasteiger partial charge in [0.15, 0.2) is 23.0 Å². The molecule has 5 rings (SSSR count). The van der Waals surface area contributed by atoms with Gasteiger partial charge < -0.3 is 29.0 Å². The Labute approximate surface area is 197 Å². The molecule has 2 heterocycles. The number of carbonyl (C=O) groups excluding carboxylic acids is 1. The predicted octanol–water partition coefficient (Wildman–Crippen LogP) is 4.40. The maximum Gasteiger partial charge on any atom is 0.246 e. The summed E-state index contributed by atoms with van der Waals surface area (Å²) >= 11 is 0. The summed E-state index contributed by atoms with van der Waals surface area (Å²) in [4.78, 5) is 14.9. The van der Waals surface area contributed by atoms with Crippen LogP contribution in [0.4, 0.5) is 0 Å². The van der Waals surface area contributed by atoms with Crippen LogP contribution in [-0.2, 0) is 17.8 Å². The molecule has 0 bridgehead atoms. The van der Waals surface area contributed by atoms with Gasteiger partial charge >= 0.3 is 0 Å². The molecule has 0 spiro atoms. The van der Waals surface area contributed by atoms with Gasteiger partial charge in [-0.1, -0.05) is 18.2 Å². The Hall–Kier alpha value is -4.13. The van der Waals surface area contributed by atoms with Gasteiger partial charge in [0, 0.05) is 24.7 Å². The average molecular weight is 459 g/mol. The molecule has 0 unspecified atom stereocenters. The normalized spacial score (nSPS) is 14.2. The van der Waals surface area contributed by atoms with Crippen LogP contribution in [0, 0.1) is 0 Å². The molecule has 2 aliphatic heterocycles.